The zero-order valence-electron chi connectivity index (χ0n) is 12.0. The Morgan fingerprint density at radius 1 is 1.38 bits per heavy atom. The first-order valence-electron chi connectivity index (χ1n) is 7.48. The number of pyridine rings is 1. The third-order valence-electron chi connectivity index (χ3n) is 4.88. The molecule has 2 heterocycles. The van der Waals surface area contributed by atoms with E-state index in [4.69, 9.17) is 11.6 Å². The van der Waals surface area contributed by atoms with Crippen LogP contribution < -0.4 is 0 Å². The number of hydrogen-bond acceptors (Lipinski definition) is 2. The summed E-state index contributed by atoms with van der Waals surface area (Å²) in [6, 6.07) is 5.90. The number of amides is 1. The monoisotopic (exact) mass is 300 g/mol. The molecule has 1 aromatic carbocycles. The van der Waals surface area contributed by atoms with Crippen molar-refractivity contribution in [3.63, 3.8) is 0 Å². The molecule has 0 spiro atoms. The van der Waals surface area contributed by atoms with Gasteiger partial charge < -0.3 is 4.90 Å². The van der Waals surface area contributed by atoms with E-state index in [0.29, 0.717) is 10.7 Å². The van der Waals surface area contributed by atoms with E-state index in [1.165, 1.54) is 6.42 Å². The number of nitrogens with zero attached hydrogens (tertiary/aromatic N) is 2. The minimum atomic E-state index is 0.101. The molecule has 1 aromatic heterocycles. The Bertz CT molecular complexity index is 743. The molecule has 2 fully saturated rings. The Morgan fingerprint density at radius 3 is 3.05 bits per heavy atom. The Hall–Kier alpha value is -1.61. The van der Waals surface area contributed by atoms with Crippen molar-refractivity contribution in [2.24, 2.45) is 11.8 Å². The van der Waals surface area contributed by atoms with Crippen LogP contribution in [0.15, 0.2) is 24.4 Å². The number of likely N-dealkylation sites (tertiary alicyclic amines) is 1. The van der Waals surface area contributed by atoms with Crippen LogP contribution in [0, 0.1) is 18.8 Å². The summed E-state index contributed by atoms with van der Waals surface area (Å²) in [7, 11) is 0. The topological polar surface area (TPSA) is 33.2 Å². The van der Waals surface area contributed by atoms with Crippen molar-refractivity contribution in [3.05, 3.63) is 40.7 Å². The Kier molecular flexibility index (Phi) is 2.93. The second-order valence-corrected chi connectivity index (χ2v) is 6.61. The molecule has 0 N–H and O–H groups in total. The largest absolute Gasteiger partial charge is 0.338 e. The standard InChI is InChI=1S/C17H17ClN2O/c1-10-3-2-4-13-15(10)14(8-19-16(13)18)17(21)20-6-5-11-7-12(11)9-20/h2-4,8,11-12H,5-7,9H2,1H3. The fourth-order valence-corrected chi connectivity index (χ4v) is 3.76. The Morgan fingerprint density at radius 2 is 2.24 bits per heavy atom. The zero-order chi connectivity index (χ0) is 14.6. The zero-order valence-corrected chi connectivity index (χ0v) is 12.7. The van der Waals surface area contributed by atoms with Crippen molar-refractivity contribution in [1.29, 1.82) is 0 Å². The van der Waals surface area contributed by atoms with Crippen LogP contribution in [0.3, 0.4) is 0 Å². The summed E-state index contributed by atoms with van der Waals surface area (Å²) in [6.45, 7) is 3.79. The highest BCUT2D eigenvalue weighted by Crippen LogP contribution is 2.45. The summed E-state index contributed by atoms with van der Waals surface area (Å²) in [6.07, 6.45) is 4.08. The maximum atomic E-state index is 12.9. The van der Waals surface area contributed by atoms with Crippen LogP contribution in [0.4, 0.5) is 0 Å². The molecular weight excluding hydrogens is 284 g/mol. The number of hydrogen-bond donors (Lipinski definition) is 0. The van der Waals surface area contributed by atoms with Crippen molar-refractivity contribution in [2.45, 2.75) is 19.8 Å². The second-order valence-electron chi connectivity index (χ2n) is 6.26. The van der Waals surface area contributed by atoms with Gasteiger partial charge in [-0.25, -0.2) is 4.98 Å². The maximum Gasteiger partial charge on any atom is 0.256 e. The minimum absolute atomic E-state index is 0.101. The van der Waals surface area contributed by atoms with Crippen LogP contribution in [0.5, 0.6) is 0 Å². The van der Waals surface area contributed by atoms with E-state index < -0.39 is 0 Å². The molecule has 0 bridgehead atoms. The summed E-state index contributed by atoms with van der Waals surface area (Å²) in [4.78, 5) is 19.1. The van der Waals surface area contributed by atoms with Crippen LogP contribution in [0.2, 0.25) is 5.15 Å². The number of benzene rings is 1. The van der Waals surface area contributed by atoms with Gasteiger partial charge in [-0.2, -0.15) is 0 Å². The van der Waals surface area contributed by atoms with Gasteiger partial charge in [0.1, 0.15) is 5.15 Å². The van der Waals surface area contributed by atoms with Crippen LogP contribution in [0.25, 0.3) is 10.8 Å². The first-order chi connectivity index (χ1) is 10.1. The number of aryl methyl sites for hydroxylation is 1. The Balaban J connectivity index is 1.79. The average Bonchev–Trinajstić information content (AvgIpc) is 3.26. The molecular formula is C17H17ClN2O. The summed E-state index contributed by atoms with van der Waals surface area (Å²) >= 11 is 6.19. The number of rotatable bonds is 1. The molecule has 2 aliphatic rings. The van der Waals surface area contributed by atoms with Gasteiger partial charge in [-0.1, -0.05) is 29.8 Å². The highest BCUT2D eigenvalue weighted by molar-refractivity contribution is 6.35. The van der Waals surface area contributed by atoms with Gasteiger partial charge in [0.2, 0.25) is 0 Å². The number of fused-ring (bicyclic) bond motifs is 2. The van der Waals surface area contributed by atoms with E-state index in [1.807, 2.05) is 30.0 Å². The predicted molar refractivity (Wildman–Crippen MR) is 83.6 cm³/mol. The summed E-state index contributed by atoms with van der Waals surface area (Å²) < 4.78 is 0. The normalized spacial score (nSPS) is 24.0. The first kappa shape index (κ1) is 13.1. The molecule has 2 aromatic rings. The quantitative estimate of drug-likeness (QED) is 0.753. The molecule has 2 atom stereocenters. The lowest BCUT2D eigenvalue weighted by Crippen LogP contribution is -2.37. The predicted octanol–water partition coefficient (Wildman–Crippen LogP) is 3.68. The third kappa shape index (κ3) is 2.11. The van der Waals surface area contributed by atoms with E-state index >= 15 is 0 Å². The number of carbonyl (C=O) groups is 1. The van der Waals surface area contributed by atoms with Gasteiger partial charge in [0, 0.05) is 30.1 Å². The van der Waals surface area contributed by atoms with Gasteiger partial charge >= 0.3 is 0 Å². The molecule has 21 heavy (non-hydrogen) atoms. The average molecular weight is 301 g/mol. The van der Waals surface area contributed by atoms with Gasteiger partial charge in [0.15, 0.2) is 0 Å². The minimum Gasteiger partial charge on any atom is -0.338 e. The van der Waals surface area contributed by atoms with Gasteiger partial charge in [0.25, 0.3) is 5.91 Å². The summed E-state index contributed by atoms with van der Waals surface area (Å²) in [5.74, 6) is 1.70. The number of piperidine rings is 1. The number of carbonyl (C=O) groups excluding carboxylic acids is 1. The van der Waals surface area contributed by atoms with Crippen LogP contribution >= 0.6 is 11.6 Å². The van der Waals surface area contributed by atoms with Gasteiger partial charge in [0.05, 0.1) is 5.56 Å². The van der Waals surface area contributed by atoms with E-state index in [9.17, 15) is 4.79 Å². The molecule has 2 unspecified atom stereocenters. The fourth-order valence-electron chi connectivity index (χ4n) is 3.55. The number of halogens is 1. The van der Waals surface area contributed by atoms with E-state index in [2.05, 4.69) is 4.98 Å². The molecule has 1 saturated heterocycles. The lowest BCUT2D eigenvalue weighted by Gasteiger charge is -2.27. The van der Waals surface area contributed by atoms with E-state index in [-0.39, 0.29) is 5.91 Å². The van der Waals surface area contributed by atoms with Gasteiger partial charge in [-0.15, -0.1) is 0 Å². The van der Waals surface area contributed by atoms with Crippen LogP contribution in [-0.4, -0.2) is 28.9 Å². The molecule has 1 saturated carbocycles. The third-order valence-corrected chi connectivity index (χ3v) is 5.18. The van der Waals surface area contributed by atoms with Crippen LogP contribution in [0.1, 0.15) is 28.8 Å². The molecule has 1 aliphatic heterocycles. The molecule has 0 radical (unpaired) electrons. The lowest BCUT2D eigenvalue weighted by atomic mass is 10.0. The smallest absolute Gasteiger partial charge is 0.256 e. The fraction of sp³-hybridized carbons (Fsp3) is 0.412. The molecule has 1 amide bonds. The lowest BCUT2D eigenvalue weighted by molar-refractivity contribution is 0.0718. The van der Waals surface area contributed by atoms with Crippen molar-refractivity contribution in [2.75, 3.05) is 13.1 Å². The molecule has 3 nitrogen and oxygen atoms in total. The number of aromatic nitrogens is 1. The second kappa shape index (κ2) is 4.70. The Labute approximate surface area is 128 Å². The molecule has 1 aliphatic carbocycles. The SMILES string of the molecule is Cc1cccc2c(Cl)ncc(C(=O)N3CCC4CC4C3)c12. The maximum absolute atomic E-state index is 12.9. The molecule has 4 heteroatoms. The van der Waals surface area contributed by atoms with Gasteiger partial charge in [-0.3, -0.25) is 4.79 Å². The van der Waals surface area contributed by atoms with Crippen molar-refractivity contribution >= 4 is 28.3 Å². The summed E-state index contributed by atoms with van der Waals surface area (Å²) in [5.41, 5.74) is 1.76. The van der Waals surface area contributed by atoms with Crippen molar-refractivity contribution in [3.8, 4) is 0 Å². The van der Waals surface area contributed by atoms with Crippen molar-refractivity contribution in [1.82, 2.24) is 9.88 Å². The van der Waals surface area contributed by atoms with Crippen molar-refractivity contribution < 1.29 is 4.79 Å². The molecule has 108 valence electrons. The van der Waals surface area contributed by atoms with E-state index in [0.717, 1.165) is 47.7 Å². The summed E-state index contributed by atoms with van der Waals surface area (Å²) in [5, 5.41) is 2.27. The van der Waals surface area contributed by atoms with Crippen LogP contribution in [-0.2, 0) is 0 Å². The first-order valence-corrected chi connectivity index (χ1v) is 7.86. The highest BCUT2D eigenvalue weighted by Gasteiger charge is 2.42. The van der Waals surface area contributed by atoms with Gasteiger partial charge in [-0.05, 0) is 37.2 Å². The highest BCUT2D eigenvalue weighted by atomic mass is 35.5. The van der Waals surface area contributed by atoms with E-state index in [1.54, 1.807) is 6.20 Å². The molecule has 4 rings (SSSR count).